The third-order valence-corrected chi connectivity index (χ3v) is 6.41. The smallest absolute Gasteiger partial charge is 0.155 e. The first-order valence-electron chi connectivity index (χ1n) is 7.34. The van der Waals surface area contributed by atoms with Crippen LogP contribution in [0.2, 0.25) is 0 Å². The molecular formula is C15H33NO3S. The van der Waals surface area contributed by atoms with Gasteiger partial charge in [0.2, 0.25) is 0 Å². The summed E-state index contributed by atoms with van der Waals surface area (Å²) in [5.41, 5.74) is 0.0908. The highest BCUT2D eigenvalue weighted by molar-refractivity contribution is 7.92. The lowest BCUT2D eigenvalue weighted by atomic mass is 9.79. The topological polar surface area (TPSA) is 55.4 Å². The monoisotopic (exact) mass is 307 g/mol. The average molecular weight is 308 g/mol. The highest BCUT2D eigenvalue weighted by atomic mass is 32.2. The predicted octanol–water partition coefficient (Wildman–Crippen LogP) is 2.49. The SMILES string of the molecule is COCCNCC(CCS(=O)(=O)C(C)(C)C)C(C)(C)C. The van der Waals surface area contributed by atoms with E-state index in [0.29, 0.717) is 18.9 Å². The number of ether oxygens (including phenoxy) is 1. The zero-order chi connectivity index (χ0) is 16.0. The van der Waals surface area contributed by atoms with Gasteiger partial charge in [0, 0.05) is 13.7 Å². The third-order valence-electron chi connectivity index (χ3n) is 3.77. The van der Waals surface area contributed by atoms with Gasteiger partial charge in [-0.05, 0) is 45.1 Å². The standard InChI is InChI=1S/C15H33NO3S/c1-14(2,3)13(12-16-9-10-19-7)8-11-20(17,18)15(4,5)6/h13,16H,8-12H2,1-7H3. The molecule has 20 heavy (non-hydrogen) atoms. The molecule has 0 fully saturated rings. The number of rotatable bonds is 8. The molecule has 1 unspecified atom stereocenters. The number of sulfone groups is 1. The fourth-order valence-electron chi connectivity index (χ4n) is 1.90. The molecule has 0 aliphatic rings. The molecule has 0 rings (SSSR count). The van der Waals surface area contributed by atoms with Crippen LogP contribution < -0.4 is 5.32 Å². The Morgan fingerprint density at radius 2 is 1.65 bits per heavy atom. The summed E-state index contributed by atoms with van der Waals surface area (Å²) in [6.45, 7) is 14.1. The van der Waals surface area contributed by atoms with Crippen LogP contribution in [0.4, 0.5) is 0 Å². The Balaban J connectivity index is 4.54. The summed E-state index contributed by atoms with van der Waals surface area (Å²) < 4.78 is 28.8. The van der Waals surface area contributed by atoms with Gasteiger partial charge in [0.15, 0.2) is 9.84 Å². The predicted molar refractivity (Wildman–Crippen MR) is 85.8 cm³/mol. The first kappa shape index (κ1) is 19.9. The van der Waals surface area contributed by atoms with Crippen molar-refractivity contribution in [1.82, 2.24) is 5.32 Å². The van der Waals surface area contributed by atoms with Gasteiger partial charge in [0.25, 0.3) is 0 Å². The lowest BCUT2D eigenvalue weighted by molar-refractivity contribution is 0.185. The van der Waals surface area contributed by atoms with Crippen LogP contribution in [0.1, 0.15) is 48.0 Å². The van der Waals surface area contributed by atoms with Crippen LogP contribution in [-0.2, 0) is 14.6 Å². The number of hydrogen-bond donors (Lipinski definition) is 1. The summed E-state index contributed by atoms with van der Waals surface area (Å²) in [7, 11) is -1.36. The van der Waals surface area contributed by atoms with Gasteiger partial charge in [0.05, 0.1) is 17.1 Å². The molecule has 0 aromatic rings. The van der Waals surface area contributed by atoms with Crippen molar-refractivity contribution >= 4 is 9.84 Å². The van der Waals surface area contributed by atoms with E-state index in [0.717, 1.165) is 13.1 Å². The Morgan fingerprint density at radius 1 is 1.10 bits per heavy atom. The molecule has 0 saturated carbocycles. The highest BCUT2D eigenvalue weighted by Gasteiger charge is 2.32. The van der Waals surface area contributed by atoms with Crippen LogP contribution in [-0.4, -0.2) is 45.7 Å². The Hall–Kier alpha value is -0.130. The van der Waals surface area contributed by atoms with E-state index in [9.17, 15) is 8.42 Å². The molecule has 5 heteroatoms. The minimum absolute atomic E-state index is 0.0908. The molecule has 0 saturated heterocycles. The Kier molecular flexibility index (Phi) is 7.71. The minimum atomic E-state index is -3.04. The van der Waals surface area contributed by atoms with Crippen molar-refractivity contribution < 1.29 is 13.2 Å². The zero-order valence-corrected chi connectivity index (χ0v) is 15.1. The van der Waals surface area contributed by atoms with Gasteiger partial charge in [-0.2, -0.15) is 0 Å². The quantitative estimate of drug-likeness (QED) is 0.700. The molecule has 0 radical (unpaired) electrons. The molecule has 1 atom stereocenters. The fraction of sp³-hybridized carbons (Fsp3) is 1.00. The third kappa shape index (κ3) is 7.04. The van der Waals surface area contributed by atoms with Gasteiger partial charge in [-0.3, -0.25) is 0 Å². The summed E-state index contributed by atoms with van der Waals surface area (Å²) >= 11 is 0. The maximum absolute atomic E-state index is 12.2. The van der Waals surface area contributed by atoms with Crippen molar-refractivity contribution in [3.05, 3.63) is 0 Å². The molecule has 0 aliphatic heterocycles. The van der Waals surface area contributed by atoms with Crippen LogP contribution in [0.15, 0.2) is 0 Å². The molecule has 1 N–H and O–H groups in total. The van der Waals surface area contributed by atoms with Gasteiger partial charge in [-0.25, -0.2) is 8.42 Å². The van der Waals surface area contributed by atoms with Crippen molar-refractivity contribution in [3.63, 3.8) is 0 Å². The molecule has 0 aromatic carbocycles. The Labute approximate surface area is 125 Å². The van der Waals surface area contributed by atoms with Crippen LogP contribution in [0.5, 0.6) is 0 Å². The fourth-order valence-corrected chi connectivity index (χ4v) is 3.10. The second-order valence-corrected chi connectivity index (χ2v) is 10.3. The minimum Gasteiger partial charge on any atom is -0.383 e. The van der Waals surface area contributed by atoms with E-state index in [1.54, 1.807) is 27.9 Å². The summed E-state index contributed by atoms with van der Waals surface area (Å²) in [5.74, 6) is 0.584. The summed E-state index contributed by atoms with van der Waals surface area (Å²) in [5, 5.41) is 3.35. The van der Waals surface area contributed by atoms with Crippen LogP contribution >= 0.6 is 0 Å². The second kappa shape index (κ2) is 7.76. The lowest BCUT2D eigenvalue weighted by Crippen LogP contribution is -2.37. The van der Waals surface area contributed by atoms with E-state index < -0.39 is 14.6 Å². The van der Waals surface area contributed by atoms with E-state index in [1.807, 2.05) is 0 Å². The van der Waals surface area contributed by atoms with Crippen LogP contribution in [0.25, 0.3) is 0 Å². The molecule has 0 amide bonds. The number of hydrogen-bond acceptors (Lipinski definition) is 4. The Morgan fingerprint density at radius 3 is 2.05 bits per heavy atom. The first-order chi connectivity index (χ1) is 8.92. The van der Waals surface area contributed by atoms with Crippen molar-refractivity contribution in [2.45, 2.75) is 52.7 Å². The van der Waals surface area contributed by atoms with Gasteiger partial charge in [-0.1, -0.05) is 20.8 Å². The van der Waals surface area contributed by atoms with Crippen molar-refractivity contribution in [3.8, 4) is 0 Å². The zero-order valence-electron chi connectivity index (χ0n) is 14.2. The van der Waals surface area contributed by atoms with E-state index in [4.69, 9.17) is 4.74 Å². The number of nitrogens with one attached hydrogen (secondary N) is 1. The average Bonchev–Trinajstić information content (AvgIpc) is 2.24. The maximum atomic E-state index is 12.2. The van der Waals surface area contributed by atoms with Gasteiger partial charge in [-0.15, -0.1) is 0 Å². The lowest BCUT2D eigenvalue weighted by Gasteiger charge is -2.32. The van der Waals surface area contributed by atoms with Gasteiger partial charge in [0.1, 0.15) is 0 Å². The molecule has 122 valence electrons. The van der Waals surface area contributed by atoms with E-state index in [2.05, 4.69) is 26.1 Å². The van der Waals surface area contributed by atoms with Crippen molar-refractivity contribution in [1.29, 1.82) is 0 Å². The van der Waals surface area contributed by atoms with Gasteiger partial charge >= 0.3 is 0 Å². The molecule has 0 aromatic heterocycles. The number of methoxy groups -OCH3 is 1. The van der Waals surface area contributed by atoms with E-state index >= 15 is 0 Å². The summed E-state index contributed by atoms with van der Waals surface area (Å²) in [6, 6.07) is 0. The van der Waals surface area contributed by atoms with E-state index in [-0.39, 0.29) is 11.2 Å². The molecular weight excluding hydrogens is 274 g/mol. The van der Waals surface area contributed by atoms with Crippen LogP contribution in [0.3, 0.4) is 0 Å². The maximum Gasteiger partial charge on any atom is 0.155 e. The normalized spacial score (nSPS) is 15.3. The highest BCUT2D eigenvalue weighted by Crippen LogP contribution is 2.30. The molecule has 4 nitrogen and oxygen atoms in total. The summed E-state index contributed by atoms with van der Waals surface area (Å²) in [4.78, 5) is 0. The van der Waals surface area contributed by atoms with Gasteiger partial charge < -0.3 is 10.1 Å². The molecule has 0 bridgehead atoms. The second-order valence-electron chi connectivity index (χ2n) is 7.48. The van der Waals surface area contributed by atoms with Crippen molar-refractivity contribution in [2.75, 3.05) is 32.6 Å². The van der Waals surface area contributed by atoms with Crippen LogP contribution in [0, 0.1) is 11.3 Å². The molecule has 0 heterocycles. The molecule has 0 spiro atoms. The largest absolute Gasteiger partial charge is 0.383 e. The molecule has 0 aliphatic carbocycles. The van der Waals surface area contributed by atoms with Crippen molar-refractivity contribution in [2.24, 2.45) is 11.3 Å². The summed E-state index contributed by atoms with van der Waals surface area (Å²) in [6.07, 6.45) is 0.698. The first-order valence-corrected chi connectivity index (χ1v) is 8.99. The Bertz CT molecular complexity index is 364. The van der Waals surface area contributed by atoms with E-state index in [1.165, 1.54) is 0 Å².